The number of nitrogens with zero attached hydrogens (tertiary/aromatic N) is 2. The third-order valence-electron chi connectivity index (χ3n) is 5.41. The second-order valence-electron chi connectivity index (χ2n) is 8.83. The molecule has 0 bridgehead atoms. The summed E-state index contributed by atoms with van der Waals surface area (Å²) in [5.74, 6) is 0.732. The van der Waals surface area contributed by atoms with E-state index in [1.807, 2.05) is 19.9 Å². The van der Waals surface area contributed by atoms with E-state index in [1.165, 1.54) is 11.1 Å². The quantitative estimate of drug-likeness (QED) is 0.671. The SMILES string of the molecule is Cc1ccc2nc(N3CCCc4ccc(F)cc4C3)cc(NCC(C)(C)N)c2c1. The van der Waals surface area contributed by atoms with Crippen molar-refractivity contribution in [2.24, 2.45) is 5.73 Å². The van der Waals surface area contributed by atoms with Crippen LogP contribution in [0.2, 0.25) is 0 Å². The van der Waals surface area contributed by atoms with E-state index in [2.05, 4.69) is 41.4 Å². The van der Waals surface area contributed by atoms with Crippen LogP contribution in [0.5, 0.6) is 0 Å². The number of benzene rings is 2. The molecular formula is C24H29FN4. The summed E-state index contributed by atoms with van der Waals surface area (Å²) in [6.07, 6.45) is 1.98. The van der Waals surface area contributed by atoms with Crippen LogP contribution in [0.4, 0.5) is 15.9 Å². The molecule has 1 aliphatic heterocycles. The number of rotatable bonds is 4. The summed E-state index contributed by atoms with van der Waals surface area (Å²) in [6, 6.07) is 13.6. The molecule has 0 atom stereocenters. The van der Waals surface area contributed by atoms with Gasteiger partial charge in [0, 0.05) is 42.3 Å². The Bertz CT molecular complexity index is 1040. The number of pyridine rings is 1. The summed E-state index contributed by atoms with van der Waals surface area (Å²) in [4.78, 5) is 7.20. The van der Waals surface area contributed by atoms with Gasteiger partial charge < -0.3 is 16.0 Å². The number of hydrogen-bond acceptors (Lipinski definition) is 4. The normalized spacial score (nSPS) is 14.6. The van der Waals surface area contributed by atoms with E-state index < -0.39 is 0 Å². The van der Waals surface area contributed by atoms with Crippen LogP contribution in [-0.4, -0.2) is 23.6 Å². The van der Waals surface area contributed by atoms with Crippen molar-refractivity contribution in [3.8, 4) is 0 Å². The van der Waals surface area contributed by atoms with Crippen molar-refractivity contribution < 1.29 is 4.39 Å². The zero-order valence-electron chi connectivity index (χ0n) is 17.4. The Hall–Kier alpha value is -2.66. The van der Waals surface area contributed by atoms with Crippen LogP contribution in [0.3, 0.4) is 0 Å². The average Bonchev–Trinajstić information content (AvgIpc) is 2.87. The summed E-state index contributed by atoms with van der Waals surface area (Å²) in [5, 5.41) is 4.62. The highest BCUT2D eigenvalue weighted by Gasteiger charge is 2.19. The van der Waals surface area contributed by atoms with E-state index in [0.717, 1.165) is 47.4 Å². The van der Waals surface area contributed by atoms with Gasteiger partial charge in [0.2, 0.25) is 0 Å². The molecule has 0 radical (unpaired) electrons. The molecule has 3 aromatic rings. The predicted molar refractivity (Wildman–Crippen MR) is 119 cm³/mol. The average molecular weight is 393 g/mol. The molecule has 3 N–H and O–H groups in total. The number of halogens is 1. The fourth-order valence-corrected chi connectivity index (χ4v) is 3.88. The molecule has 0 unspecified atom stereocenters. The first kappa shape index (κ1) is 19.6. The summed E-state index contributed by atoms with van der Waals surface area (Å²) in [6.45, 7) is 8.32. The van der Waals surface area contributed by atoms with Gasteiger partial charge in [-0.15, -0.1) is 0 Å². The highest BCUT2D eigenvalue weighted by molar-refractivity contribution is 5.93. The number of nitrogens with two attached hydrogens (primary N) is 1. The Labute approximate surface area is 171 Å². The largest absolute Gasteiger partial charge is 0.383 e. The van der Waals surface area contributed by atoms with Crippen molar-refractivity contribution in [1.29, 1.82) is 0 Å². The number of aryl methyl sites for hydroxylation is 2. The molecule has 152 valence electrons. The molecule has 0 spiro atoms. The fraction of sp³-hybridized carbons (Fsp3) is 0.375. The Balaban J connectivity index is 1.74. The van der Waals surface area contributed by atoms with E-state index in [4.69, 9.17) is 10.7 Å². The smallest absolute Gasteiger partial charge is 0.131 e. The van der Waals surface area contributed by atoms with E-state index in [9.17, 15) is 4.39 Å². The summed E-state index contributed by atoms with van der Waals surface area (Å²) < 4.78 is 13.8. The molecule has 0 amide bonds. The lowest BCUT2D eigenvalue weighted by Crippen LogP contribution is -2.39. The van der Waals surface area contributed by atoms with Gasteiger partial charge in [0.25, 0.3) is 0 Å². The van der Waals surface area contributed by atoms with Gasteiger partial charge in [-0.2, -0.15) is 0 Å². The summed E-state index contributed by atoms with van der Waals surface area (Å²) in [7, 11) is 0. The lowest BCUT2D eigenvalue weighted by molar-refractivity contribution is 0.549. The number of fused-ring (bicyclic) bond motifs is 2. The number of hydrogen-bond donors (Lipinski definition) is 2. The molecule has 1 aliphatic rings. The van der Waals surface area contributed by atoms with Crippen molar-refractivity contribution in [1.82, 2.24) is 4.98 Å². The number of nitrogens with one attached hydrogen (secondary N) is 1. The minimum atomic E-state index is -0.321. The van der Waals surface area contributed by atoms with Gasteiger partial charge >= 0.3 is 0 Å². The molecule has 2 heterocycles. The highest BCUT2D eigenvalue weighted by atomic mass is 19.1. The van der Waals surface area contributed by atoms with Crippen LogP contribution >= 0.6 is 0 Å². The third-order valence-corrected chi connectivity index (χ3v) is 5.41. The zero-order valence-corrected chi connectivity index (χ0v) is 17.4. The molecule has 4 nitrogen and oxygen atoms in total. The monoisotopic (exact) mass is 392 g/mol. The van der Waals surface area contributed by atoms with Crippen molar-refractivity contribution in [2.45, 2.75) is 45.7 Å². The first-order valence-corrected chi connectivity index (χ1v) is 10.2. The van der Waals surface area contributed by atoms with E-state index in [1.54, 1.807) is 12.1 Å². The fourth-order valence-electron chi connectivity index (χ4n) is 3.88. The number of aromatic nitrogens is 1. The molecule has 0 fully saturated rings. The van der Waals surface area contributed by atoms with Gasteiger partial charge in [0.15, 0.2) is 0 Å². The first-order valence-electron chi connectivity index (χ1n) is 10.2. The molecule has 4 rings (SSSR count). The maximum absolute atomic E-state index is 13.8. The van der Waals surface area contributed by atoms with E-state index >= 15 is 0 Å². The Morgan fingerprint density at radius 1 is 1.14 bits per heavy atom. The minimum absolute atomic E-state index is 0.180. The molecule has 0 saturated heterocycles. The second kappa shape index (κ2) is 7.64. The van der Waals surface area contributed by atoms with Gasteiger partial charge in [0.1, 0.15) is 11.6 Å². The lowest BCUT2D eigenvalue weighted by Gasteiger charge is -2.25. The van der Waals surface area contributed by atoms with Gasteiger partial charge in [-0.1, -0.05) is 17.7 Å². The maximum atomic E-state index is 13.8. The van der Waals surface area contributed by atoms with E-state index in [0.29, 0.717) is 13.1 Å². The van der Waals surface area contributed by atoms with E-state index in [-0.39, 0.29) is 11.4 Å². The maximum Gasteiger partial charge on any atom is 0.131 e. The zero-order chi connectivity index (χ0) is 20.6. The van der Waals surface area contributed by atoms with Crippen LogP contribution in [-0.2, 0) is 13.0 Å². The van der Waals surface area contributed by atoms with Gasteiger partial charge in [-0.3, -0.25) is 0 Å². The molecule has 1 aromatic heterocycles. The third kappa shape index (κ3) is 4.51. The van der Waals surface area contributed by atoms with Crippen molar-refractivity contribution in [3.63, 3.8) is 0 Å². The van der Waals surface area contributed by atoms with Crippen molar-refractivity contribution >= 4 is 22.4 Å². The second-order valence-corrected chi connectivity index (χ2v) is 8.83. The van der Waals surface area contributed by atoms with Crippen LogP contribution in [0.1, 0.15) is 37.0 Å². The summed E-state index contributed by atoms with van der Waals surface area (Å²) in [5.41, 5.74) is 11.3. The molecule has 29 heavy (non-hydrogen) atoms. The predicted octanol–water partition coefficient (Wildman–Crippen LogP) is 4.78. The first-order chi connectivity index (χ1) is 13.8. The highest BCUT2D eigenvalue weighted by Crippen LogP contribution is 2.31. The standard InChI is InChI=1S/C24H29FN4/c1-16-6-9-21-20(11-16)22(27-15-24(2,3)26)13-23(28-21)29-10-4-5-17-7-8-19(25)12-18(17)14-29/h6-9,11-13H,4-5,10,14-15,26H2,1-3H3,(H,27,28). The topological polar surface area (TPSA) is 54.2 Å². The van der Waals surface area contributed by atoms with Crippen LogP contribution in [0, 0.1) is 12.7 Å². The lowest BCUT2D eigenvalue weighted by atomic mass is 10.0. The minimum Gasteiger partial charge on any atom is -0.383 e. The van der Waals surface area contributed by atoms with Crippen LogP contribution in [0.15, 0.2) is 42.5 Å². The molecule has 5 heteroatoms. The summed E-state index contributed by atoms with van der Waals surface area (Å²) >= 11 is 0. The molecular weight excluding hydrogens is 363 g/mol. The van der Waals surface area contributed by atoms with Crippen molar-refractivity contribution in [2.75, 3.05) is 23.3 Å². The van der Waals surface area contributed by atoms with Gasteiger partial charge in [-0.05, 0) is 69.0 Å². The Morgan fingerprint density at radius 2 is 1.97 bits per heavy atom. The molecule has 0 saturated carbocycles. The van der Waals surface area contributed by atoms with Gasteiger partial charge in [-0.25, -0.2) is 9.37 Å². The Morgan fingerprint density at radius 3 is 2.76 bits per heavy atom. The number of anilines is 2. The van der Waals surface area contributed by atoms with Crippen molar-refractivity contribution in [3.05, 3.63) is 65.0 Å². The van der Waals surface area contributed by atoms with Gasteiger partial charge in [0.05, 0.1) is 5.52 Å². The van der Waals surface area contributed by atoms with Crippen LogP contribution < -0.4 is 16.0 Å². The molecule has 2 aromatic carbocycles. The Kier molecular flexibility index (Phi) is 5.17. The van der Waals surface area contributed by atoms with Crippen LogP contribution in [0.25, 0.3) is 10.9 Å². The molecule has 0 aliphatic carbocycles.